The minimum Gasteiger partial charge on any atom is -0.497 e. The van der Waals surface area contributed by atoms with Gasteiger partial charge in [0.05, 0.1) is 25.5 Å². The van der Waals surface area contributed by atoms with Gasteiger partial charge in [-0.05, 0) is 37.8 Å². The van der Waals surface area contributed by atoms with Crippen LogP contribution in [0.5, 0.6) is 5.75 Å². The van der Waals surface area contributed by atoms with Crippen LogP contribution in [-0.4, -0.2) is 52.7 Å². The number of hydrogen-bond acceptors (Lipinski definition) is 8. The topological polar surface area (TPSA) is 65.3 Å². The van der Waals surface area contributed by atoms with E-state index < -0.39 is 0 Å². The number of anilines is 1. The van der Waals surface area contributed by atoms with Crippen LogP contribution < -0.4 is 9.64 Å². The van der Waals surface area contributed by atoms with Crippen molar-refractivity contribution in [3.05, 3.63) is 35.3 Å². The first-order valence-electron chi connectivity index (χ1n) is 10.8. The van der Waals surface area contributed by atoms with Crippen molar-refractivity contribution in [3.63, 3.8) is 0 Å². The Bertz CT molecular complexity index is 1010. The molecule has 0 saturated carbocycles. The molecule has 2 aromatic heterocycles. The maximum atomic E-state index is 5.91. The molecule has 0 unspecified atom stereocenters. The molecule has 31 heavy (non-hydrogen) atoms. The molecular weight excluding hydrogens is 430 g/mol. The van der Waals surface area contributed by atoms with E-state index >= 15 is 0 Å². The lowest BCUT2D eigenvalue weighted by atomic mass is 10.2. The maximum Gasteiger partial charge on any atom is 0.228 e. The molecule has 2 fully saturated rings. The van der Waals surface area contributed by atoms with Crippen molar-refractivity contribution in [1.82, 2.24) is 19.7 Å². The Morgan fingerprint density at radius 1 is 1.23 bits per heavy atom. The van der Waals surface area contributed by atoms with Crippen molar-refractivity contribution in [2.24, 2.45) is 0 Å². The zero-order chi connectivity index (χ0) is 21.0. The number of hydrogen-bond donors (Lipinski definition) is 0. The van der Waals surface area contributed by atoms with Crippen molar-refractivity contribution in [1.29, 1.82) is 0 Å². The summed E-state index contributed by atoms with van der Waals surface area (Å²) in [5.41, 5.74) is 2.14. The van der Waals surface area contributed by atoms with Crippen LogP contribution in [0.3, 0.4) is 0 Å². The monoisotopic (exact) mass is 457 g/mol. The highest BCUT2D eigenvalue weighted by Gasteiger charge is 2.25. The van der Waals surface area contributed by atoms with Gasteiger partial charge in [0.2, 0.25) is 5.95 Å². The van der Waals surface area contributed by atoms with Crippen molar-refractivity contribution in [2.45, 2.75) is 49.2 Å². The van der Waals surface area contributed by atoms with Crippen molar-refractivity contribution in [3.8, 4) is 16.3 Å². The average Bonchev–Trinajstić information content (AvgIpc) is 3.60. The molecule has 0 amide bonds. The van der Waals surface area contributed by atoms with Gasteiger partial charge in [-0.15, -0.1) is 21.5 Å². The number of thioether (sulfide) groups is 1. The minimum absolute atomic E-state index is 0.260. The van der Waals surface area contributed by atoms with E-state index in [2.05, 4.69) is 31.1 Å². The SMILES string of the molecule is COc1cccc(-c2nc(CSc3nnc(N4CCCC4)n3C[C@H]3CCCO3)cs2)c1. The molecule has 2 saturated heterocycles. The first-order valence-corrected chi connectivity index (χ1v) is 12.7. The summed E-state index contributed by atoms with van der Waals surface area (Å²) in [4.78, 5) is 7.19. The van der Waals surface area contributed by atoms with Crippen molar-refractivity contribution in [2.75, 3.05) is 31.7 Å². The molecule has 0 N–H and O–H groups in total. The zero-order valence-corrected chi connectivity index (χ0v) is 19.3. The van der Waals surface area contributed by atoms with Gasteiger partial charge in [0.1, 0.15) is 10.8 Å². The van der Waals surface area contributed by atoms with Crippen LogP contribution in [-0.2, 0) is 17.0 Å². The van der Waals surface area contributed by atoms with Crippen LogP contribution in [0.15, 0.2) is 34.8 Å². The second-order valence-corrected chi connectivity index (χ2v) is 9.69. The number of benzene rings is 1. The van der Waals surface area contributed by atoms with E-state index in [0.29, 0.717) is 0 Å². The van der Waals surface area contributed by atoms with Gasteiger partial charge in [-0.25, -0.2) is 4.98 Å². The van der Waals surface area contributed by atoms with E-state index in [-0.39, 0.29) is 6.10 Å². The third-order valence-corrected chi connectivity index (χ3v) is 7.65. The highest BCUT2D eigenvalue weighted by atomic mass is 32.2. The standard InChI is InChI=1S/C22H27N5O2S2/c1-28-18-7-4-6-16(12-18)20-23-17(14-30-20)15-31-22-25-24-21(26-9-2-3-10-26)27(22)13-19-8-5-11-29-19/h4,6-7,12,14,19H,2-3,5,8-11,13,15H2,1H3/t19-/m1/s1. The fourth-order valence-electron chi connectivity index (χ4n) is 4.09. The molecule has 9 heteroatoms. The smallest absolute Gasteiger partial charge is 0.228 e. The maximum absolute atomic E-state index is 5.91. The molecular formula is C22H27N5O2S2. The van der Waals surface area contributed by atoms with Gasteiger partial charge in [-0.2, -0.15) is 0 Å². The van der Waals surface area contributed by atoms with Crippen LogP contribution in [0.4, 0.5) is 5.95 Å². The summed E-state index contributed by atoms with van der Waals surface area (Å²) in [5.74, 6) is 2.61. The molecule has 7 nitrogen and oxygen atoms in total. The molecule has 5 rings (SSSR count). The summed E-state index contributed by atoms with van der Waals surface area (Å²) >= 11 is 3.37. The Balaban J connectivity index is 1.31. The predicted octanol–water partition coefficient (Wildman–Crippen LogP) is 4.48. The lowest BCUT2D eigenvalue weighted by molar-refractivity contribution is 0.0952. The van der Waals surface area contributed by atoms with Crippen LogP contribution in [0.2, 0.25) is 0 Å². The molecule has 2 aliphatic rings. The third-order valence-electron chi connectivity index (χ3n) is 5.71. The average molecular weight is 458 g/mol. The Labute approximate surface area is 190 Å². The summed E-state index contributed by atoms with van der Waals surface area (Å²) in [5, 5.41) is 13.2. The molecule has 1 aromatic carbocycles. The van der Waals surface area contributed by atoms with E-state index in [0.717, 1.165) is 78.0 Å². The lowest BCUT2D eigenvalue weighted by Gasteiger charge is -2.20. The molecule has 4 heterocycles. The van der Waals surface area contributed by atoms with Gasteiger partial charge in [-0.1, -0.05) is 23.9 Å². The fourth-order valence-corrected chi connectivity index (χ4v) is 5.85. The summed E-state index contributed by atoms with van der Waals surface area (Å²) in [6.07, 6.45) is 4.95. The van der Waals surface area contributed by atoms with Gasteiger partial charge < -0.3 is 14.4 Å². The van der Waals surface area contributed by atoms with Gasteiger partial charge in [0.15, 0.2) is 5.16 Å². The van der Waals surface area contributed by atoms with E-state index in [9.17, 15) is 0 Å². The fraction of sp³-hybridized carbons (Fsp3) is 0.500. The van der Waals surface area contributed by atoms with Crippen LogP contribution in [0, 0.1) is 0 Å². The lowest BCUT2D eigenvalue weighted by Crippen LogP contribution is -2.25. The van der Waals surface area contributed by atoms with Gasteiger partial charge in [0.25, 0.3) is 0 Å². The normalized spacial score (nSPS) is 18.7. The molecule has 164 valence electrons. The van der Waals surface area contributed by atoms with Crippen LogP contribution in [0.25, 0.3) is 10.6 Å². The van der Waals surface area contributed by atoms with Gasteiger partial charge in [-0.3, -0.25) is 4.57 Å². The van der Waals surface area contributed by atoms with E-state index in [4.69, 9.17) is 14.5 Å². The molecule has 0 aliphatic carbocycles. The van der Waals surface area contributed by atoms with Crippen molar-refractivity contribution < 1.29 is 9.47 Å². The van der Waals surface area contributed by atoms with Gasteiger partial charge >= 0.3 is 0 Å². The zero-order valence-electron chi connectivity index (χ0n) is 17.7. The highest BCUT2D eigenvalue weighted by molar-refractivity contribution is 7.98. The van der Waals surface area contributed by atoms with Crippen LogP contribution in [0.1, 0.15) is 31.4 Å². The molecule has 1 atom stereocenters. The van der Waals surface area contributed by atoms with E-state index in [1.807, 2.05) is 18.2 Å². The number of nitrogens with zero attached hydrogens (tertiary/aromatic N) is 5. The van der Waals surface area contributed by atoms with Crippen molar-refractivity contribution >= 4 is 29.0 Å². The Morgan fingerprint density at radius 2 is 2.13 bits per heavy atom. The highest BCUT2D eigenvalue weighted by Crippen LogP contribution is 2.31. The molecule has 0 bridgehead atoms. The Morgan fingerprint density at radius 3 is 2.94 bits per heavy atom. The first kappa shape index (κ1) is 20.8. The van der Waals surface area contributed by atoms with Gasteiger partial charge in [0, 0.05) is 36.4 Å². The number of rotatable bonds is 8. The quantitative estimate of drug-likeness (QED) is 0.462. The molecule has 0 radical (unpaired) electrons. The van der Waals surface area contributed by atoms with E-state index in [1.54, 1.807) is 30.2 Å². The van der Waals surface area contributed by atoms with E-state index in [1.165, 1.54) is 12.8 Å². The molecule has 2 aliphatic heterocycles. The summed E-state index contributed by atoms with van der Waals surface area (Å²) in [6, 6.07) is 8.04. The second-order valence-electron chi connectivity index (χ2n) is 7.89. The summed E-state index contributed by atoms with van der Waals surface area (Å²) in [6.45, 7) is 3.81. The summed E-state index contributed by atoms with van der Waals surface area (Å²) in [7, 11) is 1.69. The number of thiazole rings is 1. The number of aromatic nitrogens is 4. The largest absolute Gasteiger partial charge is 0.497 e. The predicted molar refractivity (Wildman–Crippen MR) is 124 cm³/mol. The first-order chi connectivity index (χ1) is 15.3. The Kier molecular flexibility index (Phi) is 6.42. The molecule has 3 aromatic rings. The summed E-state index contributed by atoms with van der Waals surface area (Å²) < 4.78 is 13.5. The number of ether oxygens (including phenoxy) is 2. The third kappa shape index (κ3) is 4.73. The second kappa shape index (κ2) is 9.58. The minimum atomic E-state index is 0.260. The Hall–Kier alpha value is -2.10. The number of methoxy groups -OCH3 is 1. The van der Waals surface area contributed by atoms with Crippen LogP contribution >= 0.6 is 23.1 Å². The molecule has 0 spiro atoms.